The van der Waals surface area contributed by atoms with E-state index in [0.29, 0.717) is 4.88 Å². The Bertz CT molecular complexity index is 565. The Hall–Kier alpha value is -0.530. The van der Waals surface area contributed by atoms with Crippen LogP contribution in [0.5, 0.6) is 0 Å². The Morgan fingerprint density at radius 3 is 2.76 bits per heavy atom. The molecule has 5 heteroatoms. The van der Waals surface area contributed by atoms with E-state index >= 15 is 0 Å². The van der Waals surface area contributed by atoms with Crippen LogP contribution >= 0.6 is 46.6 Å². The van der Waals surface area contributed by atoms with Gasteiger partial charge in [0.25, 0.3) is 5.91 Å². The van der Waals surface area contributed by atoms with E-state index in [0.717, 1.165) is 14.2 Å². The zero-order valence-electron chi connectivity index (χ0n) is 9.03. The Labute approximate surface area is 123 Å². The number of aryl methyl sites for hydroxylation is 1. The summed E-state index contributed by atoms with van der Waals surface area (Å²) in [4.78, 5) is 13.4. The highest BCUT2D eigenvalue weighted by atomic mass is 127. The van der Waals surface area contributed by atoms with E-state index in [9.17, 15) is 4.79 Å². The van der Waals surface area contributed by atoms with Crippen LogP contribution < -0.4 is 5.32 Å². The summed E-state index contributed by atoms with van der Waals surface area (Å²) in [7, 11) is 0. The topological polar surface area (TPSA) is 29.1 Å². The standard InChI is InChI=1S/C12H10INOS2/c1-7-2-3-8(4-10(7)13)14-12(15)11-5-9(16)6-17-11/h2-6,16H,1H3,(H,14,15). The molecule has 1 amide bonds. The molecule has 0 bridgehead atoms. The molecule has 1 heterocycles. The molecule has 0 atom stereocenters. The number of rotatable bonds is 2. The third-order valence-electron chi connectivity index (χ3n) is 2.24. The monoisotopic (exact) mass is 375 g/mol. The lowest BCUT2D eigenvalue weighted by Crippen LogP contribution is -2.10. The second-order valence-corrected chi connectivity index (χ2v) is 6.18. The molecule has 0 spiro atoms. The lowest BCUT2D eigenvalue weighted by atomic mass is 10.2. The van der Waals surface area contributed by atoms with Gasteiger partial charge in [-0.3, -0.25) is 4.79 Å². The van der Waals surface area contributed by atoms with E-state index in [-0.39, 0.29) is 5.91 Å². The molecule has 1 aromatic heterocycles. The molecule has 0 saturated carbocycles. The summed E-state index contributed by atoms with van der Waals surface area (Å²) in [6, 6.07) is 7.63. The van der Waals surface area contributed by atoms with Gasteiger partial charge in [0, 0.05) is 19.5 Å². The van der Waals surface area contributed by atoms with Gasteiger partial charge in [-0.2, -0.15) is 0 Å². The summed E-state index contributed by atoms with van der Waals surface area (Å²) < 4.78 is 1.14. The molecule has 0 aliphatic rings. The molecule has 0 unspecified atom stereocenters. The smallest absolute Gasteiger partial charge is 0.265 e. The number of anilines is 1. The van der Waals surface area contributed by atoms with Crippen LogP contribution in [0.15, 0.2) is 34.5 Å². The van der Waals surface area contributed by atoms with E-state index in [1.54, 1.807) is 6.07 Å². The zero-order chi connectivity index (χ0) is 12.4. The number of hydrogen-bond donors (Lipinski definition) is 2. The van der Waals surface area contributed by atoms with E-state index in [1.165, 1.54) is 16.9 Å². The predicted octanol–water partition coefficient (Wildman–Crippen LogP) is 4.20. The van der Waals surface area contributed by atoms with Gasteiger partial charge >= 0.3 is 0 Å². The lowest BCUT2D eigenvalue weighted by Gasteiger charge is -2.05. The molecular formula is C12H10INOS2. The molecule has 1 aromatic carbocycles. The van der Waals surface area contributed by atoms with Gasteiger partial charge in [-0.1, -0.05) is 6.07 Å². The van der Waals surface area contributed by atoms with Crippen LogP contribution in [0, 0.1) is 10.5 Å². The first-order valence-electron chi connectivity index (χ1n) is 4.91. The summed E-state index contributed by atoms with van der Waals surface area (Å²) in [5, 5.41) is 4.72. The van der Waals surface area contributed by atoms with Gasteiger partial charge in [0.15, 0.2) is 0 Å². The highest BCUT2D eigenvalue weighted by Gasteiger charge is 2.08. The van der Waals surface area contributed by atoms with Gasteiger partial charge in [-0.05, 0) is 53.3 Å². The maximum atomic E-state index is 11.9. The van der Waals surface area contributed by atoms with E-state index in [2.05, 4.69) is 40.5 Å². The number of nitrogens with one attached hydrogen (secondary N) is 1. The Morgan fingerprint density at radius 1 is 1.41 bits per heavy atom. The summed E-state index contributed by atoms with van der Waals surface area (Å²) in [5.74, 6) is -0.0880. The Kier molecular flexibility index (Phi) is 4.11. The largest absolute Gasteiger partial charge is 0.321 e. The van der Waals surface area contributed by atoms with E-state index < -0.39 is 0 Å². The van der Waals surface area contributed by atoms with Gasteiger partial charge in [-0.15, -0.1) is 24.0 Å². The van der Waals surface area contributed by atoms with Crippen molar-refractivity contribution in [1.82, 2.24) is 0 Å². The molecule has 0 aliphatic carbocycles. The first kappa shape index (κ1) is 12.9. The molecule has 88 valence electrons. The SMILES string of the molecule is Cc1ccc(NC(=O)c2cc(S)cs2)cc1I. The highest BCUT2D eigenvalue weighted by molar-refractivity contribution is 14.1. The number of halogens is 1. The van der Waals surface area contributed by atoms with Crippen LogP contribution in [0.1, 0.15) is 15.2 Å². The minimum absolute atomic E-state index is 0.0880. The number of thiophene rings is 1. The maximum Gasteiger partial charge on any atom is 0.265 e. The van der Waals surface area contributed by atoms with Crippen molar-refractivity contribution in [1.29, 1.82) is 0 Å². The van der Waals surface area contributed by atoms with Gasteiger partial charge in [-0.25, -0.2) is 0 Å². The Balaban J connectivity index is 2.15. The number of thiol groups is 1. The van der Waals surface area contributed by atoms with E-state index in [4.69, 9.17) is 0 Å². The summed E-state index contributed by atoms with van der Waals surface area (Å²) in [6.45, 7) is 2.04. The molecule has 0 fully saturated rings. The molecule has 2 aromatic rings. The van der Waals surface area contributed by atoms with Crippen molar-refractivity contribution in [3.63, 3.8) is 0 Å². The highest BCUT2D eigenvalue weighted by Crippen LogP contribution is 2.21. The van der Waals surface area contributed by atoms with Gasteiger partial charge in [0.1, 0.15) is 0 Å². The van der Waals surface area contributed by atoms with Gasteiger partial charge in [0.2, 0.25) is 0 Å². The van der Waals surface area contributed by atoms with Crippen LogP contribution in [-0.4, -0.2) is 5.91 Å². The predicted molar refractivity (Wildman–Crippen MR) is 83.4 cm³/mol. The number of amides is 1. The van der Waals surface area contributed by atoms with Crippen molar-refractivity contribution < 1.29 is 4.79 Å². The molecular weight excluding hydrogens is 365 g/mol. The fourth-order valence-electron chi connectivity index (χ4n) is 1.31. The first-order valence-corrected chi connectivity index (χ1v) is 7.32. The number of hydrogen-bond acceptors (Lipinski definition) is 3. The lowest BCUT2D eigenvalue weighted by molar-refractivity contribution is 0.103. The van der Waals surface area contributed by atoms with Crippen LogP contribution in [0.4, 0.5) is 5.69 Å². The van der Waals surface area contributed by atoms with Crippen LogP contribution in [-0.2, 0) is 0 Å². The second-order valence-electron chi connectivity index (χ2n) is 3.59. The number of carbonyl (C=O) groups excluding carboxylic acids is 1. The van der Waals surface area contributed by atoms with Crippen molar-refractivity contribution in [2.75, 3.05) is 5.32 Å². The summed E-state index contributed by atoms with van der Waals surface area (Å²) in [6.07, 6.45) is 0. The van der Waals surface area contributed by atoms with Crippen molar-refractivity contribution in [2.24, 2.45) is 0 Å². The van der Waals surface area contributed by atoms with Crippen molar-refractivity contribution in [2.45, 2.75) is 11.8 Å². The summed E-state index contributed by atoms with van der Waals surface area (Å²) in [5.41, 5.74) is 2.02. The van der Waals surface area contributed by atoms with Crippen molar-refractivity contribution in [3.8, 4) is 0 Å². The van der Waals surface area contributed by atoms with Crippen LogP contribution in [0.3, 0.4) is 0 Å². The number of benzene rings is 1. The van der Waals surface area contributed by atoms with E-state index in [1.807, 2.05) is 30.5 Å². The van der Waals surface area contributed by atoms with Crippen LogP contribution in [0.25, 0.3) is 0 Å². The van der Waals surface area contributed by atoms with Crippen LogP contribution in [0.2, 0.25) is 0 Å². The third-order valence-corrected chi connectivity index (χ3v) is 4.76. The minimum Gasteiger partial charge on any atom is -0.321 e. The van der Waals surface area contributed by atoms with Crippen molar-refractivity contribution >= 4 is 58.2 Å². The normalized spacial score (nSPS) is 10.3. The molecule has 17 heavy (non-hydrogen) atoms. The quantitative estimate of drug-likeness (QED) is 0.598. The molecule has 0 aliphatic heterocycles. The number of carbonyl (C=O) groups is 1. The Morgan fingerprint density at radius 2 is 2.18 bits per heavy atom. The van der Waals surface area contributed by atoms with Crippen molar-refractivity contribution in [3.05, 3.63) is 43.7 Å². The molecule has 1 N–H and O–H groups in total. The zero-order valence-corrected chi connectivity index (χ0v) is 12.9. The second kappa shape index (κ2) is 5.41. The molecule has 0 radical (unpaired) electrons. The van der Waals surface area contributed by atoms with Gasteiger partial charge < -0.3 is 5.32 Å². The maximum absolute atomic E-state index is 11.9. The fourth-order valence-corrected chi connectivity index (χ4v) is 2.87. The fraction of sp³-hybridized carbons (Fsp3) is 0.0833. The molecule has 2 nitrogen and oxygen atoms in total. The average molecular weight is 375 g/mol. The summed E-state index contributed by atoms with van der Waals surface area (Å²) >= 11 is 7.83. The molecule has 2 rings (SSSR count). The first-order chi connectivity index (χ1) is 8.06. The average Bonchev–Trinajstić information content (AvgIpc) is 2.70. The molecule has 0 saturated heterocycles. The van der Waals surface area contributed by atoms with Gasteiger partial charge in [0.05, 0.1) is 4.88 Å². The minimum atomic E-state index is -0.0880. The third kappa shape index (κ3) is 3.23.